The second kappa shape index (κ2) is 6.85. The molecule has 1 aromatic rings. The minimum Gasteiger partial charge on any atom is -0.262 e. The molecule has 0 spiro atoms. The average molecular weight is 426 g/mol. The van der Waals surface area contributed by atoms with Crippen molar-refractivity contribution in [2.45, 2.75) is 37.0 Å². The molecule has 0 unspecified atom stereocenters. The molecule has 0 aromatic carbocycles. The molecule has 112 valence electrons. The Labute approximate surface area is 137 Å². The minimum absolute atomic E-state index is 0.0464. The lowest BCUT2D eigenvalue weighted by molar-refractivity contribution is 0.227. The number of rotatable bonds is 5. The molecule has 1 aliphatic rings. The van der Waals surface area contributed by atoms with Gasteiger partial charge in [-0.15, -0.1) is 0 Å². The lowest BCUT2D eigenvalue weighted by Crippen LogP contribution is -2.40. The van der Waals surface area contributed by atoms with Crippen molar-refractivity contribution in [1.82, 2.24) is 9.71 Å². The maximum absolute atomic E-state index is 12.3. The van der Waals surface area contributed by atoms with Gasteiger partial charge in [0.2, 0.25) is 10.0 Å². The number of halogens is 2. The number of hydrogen-bond donors (Lipinski definition) is 1. The van der Waals surface area contributed by atoms with Crippen molar-refractivity contribution in [2.75, 3.05) is 11.9 Å². The standard InChI is InChI=1S/C13H18Br2N2O2S/c14-9-13(4-2-1-3-5-13)10-17-20(18,19)12-6-11(15)7-16-8-12/h6-8,17H,1-5,9-10H2. The lowest BCUT2D eigenvalue weighted by atomic mass is 9.76. The van der Waals surface area contributed by atoms with Crippen LogP contribution in [-0.4, -0.2) is 25.3 Å². The maximum atomic E-state index is 12.3. The summed E-state index contributed by atoms with van der Waals surface area (Å²) in [6, 6.07) is 1.57. The molecule has 0 bridgehead atoms. The van der Waals surface area contributed by atoms with E-state index >= 15 is 0 Å². The molecule has 1 N–H and O–H groups in total. The number of aromatic nitrogens is 1. The first-order valence-corrected chi connectivity index (χ1v) is 10.0. The van der Waals surface area contributed by atoms with Crippen LogP contribution in [0.1, 0.15) is 32.1 Å². The molecule has 2 rings (SSSR count). The van der Waals surface area contributed by atoms with Gasteiger partial charge < -0.3 is 0 Å². The predicted molar refractivity (Wildman–Crippen MR) is 86.4 cm³/mol. The Bertz CT molecular complexity index is 557. The molecule has 7 heteroatoms. The molecule has 0 aliphatic heterocycles. The van der Waals surface area contributed by atoms with Gasteiger partial charge in [-0.1, -0.05) is 35.2 Å². The number of alkyl halides is 1. The highest BCUT2D eigenvalue weighted by molar-refractivity contribution is 9.10. The third-order valence-electron chi connectivity index (χ3n) is 3.82. The zero-order valence-electron chi connectivity index (χ0n) is 11.1. The van der Waals surface area contributed by atoms with Gasteiger partial charge in [0.05, 0.1) is 0 Å². The van der Waals surface area contributed by atoms with Gasteiger partial charge in [0.25, 0.3) is 0 Å². The molecule has 0 amide bonds. The van der Waals surface area contributed by atoms with Crippen LogP contribution >= 0.6 is 31.9 Å². The van der Waals surface area contributed by atoms with E-state index in [0.717, 1.165) is 18.2 Å². The Morgan fingerprint density at radius 2 is 1.95 bits per heavy atom. The van der Waals surface area contributed by atoms with Crippen molar-refractivity contribution in [2.24, 2.45) is 5.41 Å². The SMILES string of the molecule is O=S(=O)(NCC1(CBr)CCCCC1)c1cncc(Br)c1. The van der Waals surface area contributed by atoms with E-state index in [-0.39, 0.29) is 10.3 Å². The second-order valence-corrected chi connectivity index (χ2v) is 8.60. The van der Waals surface area contributed by atoms with Crippen molar-refractivity contribution in [3.05, 3.63) is 22.9 Å². The molecule has 1 fully saturated rings. The van der Waals surface area contributed by atoms with Crippen molar-refractivity contribution in [3.8, 4) is 0 Å². The number of pyridine rings is 1. The van der Waals surface area contributed by atoms with Crippen LogP contribution in [0.2, 0.25) is 0 Å². The van der Waals surface area contributed by atoms with E-state index in [1.807, 2.05) is 0 Å². The summed E-state index contributed by atoms with van der Waals surface area (Å²) in [5.41, 5.74) is 0.0464. The fourth-order valence-electron chi connectivity index (χ4n) is 2.53. The number of hydrogen-bond acceptors (Lipinski definition) is 3. The van der Waals surface area contributed by atoms with Gasteiger partial charge in [0, 0.05) is 28.7 Å². The van der Waals surface area contributed by atoms with Gasteiger partial charge in [0.1, 0.15) is 4.90 Å². The Kier molecular flexibility index (Phi) is 5.62. The molecule has 0 saturated heterocycles. The normalized spacial score (nSPS) is 18.9. The summed E-state index contributed by atoms with van der Waals surface area (Å²) < 4.78 is 28.0. The van der Waals surface area contributed by atoms with E-state index in [0.29, 0.717) is 11.0 Å². The Morgan fingerprint density at radius 1 is 1.25 bits per heavy atom. The number of sulfonamides is 1. The van der Waals surface area contributed by atoms with Crippen molar-refractivity contribution >= 4 is 41.9 Å². The third kappa shape index (κ3) is 4.02. The highest BCUT2D eigenvalue weighted by Crippen LogP contribution is 2.37. The van der Waals surface area contributed by atoms with Crippen LogP contribution in [0, 0.1) is 5.41 Å². The predicted octanol–water partition coefficient (Wildman–Crippen LogP) is 3.47. The van der Waals surface area contributed by atoms with Gasteiger partial charge >= 0.3 is 0 Å². The van der Waals surface area contributed by atoms with Crippen molar-refractivity contribution < 1.29 is 8.42 Å². The van der Waals surface area contributed by atoms with Gasteiger partial charge in [-0.05, 0) is 40.3 Å². The van der Waals surface area contributed by atoms with Crippen LogP contribution in [0.5, 0.6) is 0 Å². The molecule has 20 heavy (non-hydrogen) atoms. The summed E-state index contributed by atoms with van der Waals surface area (Å²) in [7, 11) is -3.49. The zero-order valence-corrected chi connectivity index (χ0v) is 15.1. The Morgan fingerprint density at radius 3 is 2.55 bits per heavy atom. The van der Waals surface area contributed by atoms with Crippen LogP contribution in [0.4, 0.5) is 0 Å². The highest BCUT2D eigenvalue weighted by Gasteiger charge is 2.32. The second-order valence-electron chi connectivity index (χ2n) is 5.36. The Balaban J connectivity index is 2.08. The van der Waals surface area contributed by atoms with Gasteiger partial charge in [-0.3, -0.25) is 4.98 Å². The van der Waals surface area contributed by atoms with E-state index in [4.69, 9.17) is 0 Å². The first-order chi connectivity index (χ1) is 9.47. The monoisotopic (exact) mass is 424 g/mol. The summed E-state index contributed by atoms with van der Waals surface area (Å²) in [6.07, 6.45) is 8.67. The zero-order chi connectivity index (χ0) is 14.6. The van der Waals surface area contributed by atoms with Crippen LogP contribution in [0.25, 0.3) is 0 Å². The maximum Gasteiger partial charge on any atom is 0.242 e. The first-order valence-electron chi connectivity index (χ1n) is 6.64. The highest BCUT2D eigenvalue weighted by atomic mass is 79.9. The van der Waals surface area contributed by atoms with Crippen LogP contribution in [-0.2, 0) is 10.0 Å². The fourth-order valence-corrected chi connectivity index (χ4v) is 4.95. The first kappa shape index (κ1) is 16.4. The fraction of sp³-hybridized carbons (Fsp3) is 0.615. The average Bonchev–Trinajstić information content (AvgIpc) is 2.46. The van der Waals surface area contributed by atoms with Gasteiger partial charge in [0.15, 0.2) is 0 Å². The molecular weight excluding hydrogens is 408 g/mol. The summed E-state index contributed by atoms with van der Waals surface area (Å²) in [4.78, 5) is 4.11. The van der Waals surface area contributed by atoms with E-state index in [2.05, 4.69) is 41.6 Å². The van der Waals surface area contributed by atoms with E-state index in [9.17, 15) is 8.42 Å². The molecule has 1 saturated carbocycles. The lowest BCUT2D eigenvalue weighted by Gasteiger charge is -2.35. The molecule has 4 nitrogen and oxygen atoms in total. The minimum atomic E-state index is -3.49. The summed E-state index contributed by atoms with van der Waals surface area (Å²) in [6.45, 7) is 0.479. The van der Waals surface area contributed by atoms with Gasteiger partial charge in [-0.2, -0.15) is 0 Å². The van der Waals surface area contributed by atoms with Crippen LogP contribution in [0.15, 0.2) is 27.8 Å². The van der Waals surface area contributed by atoms with Crippen LogP contribution < -0.4 is 4.72 Å². The third-order valence-corrected chi connectivity index (χ3v) is 6.82. The molecule has 1 aliphatic carbocycles. The Hall–Kier alpha value is 0.0200. The van der Waals surface area contributed by atoms with Crippen molar-refractivity contribution in [1.29, 1.82) is 0 Å². The number of nitrogens with zero attached hydrogens (tertiary/aromatic N) is 1. The molecule has 1 heterocycles. The smallest absolute Gasteiger partial charge is 0.242 e. The number of nitrogens with one attached hydrogen (secondary N) is 1. The van der Waals surface area contributed by atoms with Gasteiger partial charge in [-0.25, -0.2) is 13.1 Å². The molecular formula is C13H18Br2N2O2S. The van der Waals surface area contributed by atoms with E-state index in [1.165, 1.54) is 25.5 Å². The van der Waals surface area contributed by atoms with Crippen molar-refractivity contribution in [3.63, 3.8) is 0 Å². The van der Waals surface area contributed by atoms with Crippen LogP contribution in [0.3, 0.4) is 0 Å². The summed E-state index contributed by atoms with van der Waals surface area (Å²) >= 11 is 6.79. The largest absolute Gasteiger partial charge is 0.262 e. The van der Waals surface area contributed by atoms with E-state index in [1.54, 1.807) is 12.3 Å². The molecule has 0 atom stereocenters. The molecule has 1 aromatic heterocycles. The molecule has 0 radical (unpaired) electrons. The van der Waals surface area contributed by atoms with E-state index < -0.39 is 10.0 Å². The summed E-state index contributed by atoms with van der Waals surface area (Å²) in [5.74, 6) is 0. The topological polar surface area (TPSA) is 59.1 Å². The quantitative estimate of drug-likeness (QED) is 0.734. The summed E-state index contributed by atoms with van der Waals surface area (Å²) in [5, 5.41) is 0.833.